The van der Waals surface area contributed by atoms with E-state index in [4.69, 9.17) is 4.74 Å². The first-order valence-corrected chi connectivity index (χ1v) is 9.37. The third-order valence-electron chi connectivity index (χ3n) is 4.02. The third kappa shape index (κ3) is 5.10. The molecule has 0 fully saturated rings. The van der Waals surface area contributed by atoms with Gasteiger partial charge in [-0.15, -0.1) is 0 Å². The molecule has 0 aliphatic rings. The molecular formula is C20H20BrFN4O2. The molecule has 1 amide bonds. The predicted octanol–water partition coefficient (Wildman–Crippen LogP) is 3.92. The van der Waals surface area contributed by atoms with Crippen molar-refractivity contribution in [2.24, 2.45) is 0 Å². The fourth-order valence-corrected chi connectivity index (χ4v) is 2.88. The van der Waals surface area contributed by atoms with Crippen LogP contribution in [0, 0.1) is 5.82 Å². The highest BCUT2D eigenvalue weighted by molar-refractivity contribution is 9.10. The summed E-state index contributed by atoms with van der Waals surface area (Å²) in [4.78, 5) is 14.2. The van der Waals surface area contributed by atoms with Crippen LogP contribution in [-0.4, -0.2) is 36.4 Å². The zero-order valence-electron chi connectivity index (χ0n) is 15.5. The molecule has 0 aliphatic carbocycles. The van der Waals surface area contributed by atoms with Gasteiger partial charge in [-0.25, -0.2) is 9.07 Å². The molecule has 1 N–H and O–H groups in total. The van der Waals surface area contributed by atoms with E-state index in [2.05, 4.69) is 26.3 Å². The van der Waals surface area contributed by atoms with Crippen LogP contribution in [0.2, 0.25) is 0 Å². The number of ether oxygens (including phenoxy) is 1. The minimum absolute atomic E-state index is 0.0211. The summed E-state index contributed by atoms with van der Waals surface area (Å²) in [7, 11) is 3.97. The Bertz CT molecular complexity index is 957. The van der Waals surface area contributed by atoms with Crippen LogP contribution >= 0.6 is 15.9 Å². The second-order valence-corrected chi connectivity index (χ2v) is 7.26. The smallest absolute Gasteiger partial charge is 0.263 e. The van der Waals surface area contributed by atoms with E-state index in [9.17, 15) is 9.18 Å². The topological polar surface area (TPSA) is 59.4 Å². The maximum atomic E-state index is 13.8. The van der Waals surface area contributed by atoms with Crippen LogP contribution in [0.3, 0.4) is 0 Å². The van der Waals surface area contributed by atoms with Crippen LogP contribution in [0.25, 0.3) is 0 Å². The minimum Gasteiger partial charge on any atom is -0.481 e. The molecule has 0 saturated heterocycles. The fourth-order valence-electron chi connectivity index (χ4n) is 2.55. The predicted molar refractivity (Wildman–Crippen MR) is 110 cm³/mol. The van der Waals surface area contributed by atoms with Gasteiger partial charge in [-0.05, 0) is 35.9 Å². The van der Waals surface area contributed by atoms with Crippen molar-refractivity contribution in [2.75, 3.05) is 30.9 Å². The molecule has 0 radical (unpaired) electrons. The molecule has 3 aromatic rings. The van der Waals surface area contributed by atoms with Crippen molar-refractivity contribution in [2.45, 2.75) is 6.54 Å². The number of amides is 1. The van der Waals surface area contributed by atoms with E-state index in [0.717, 1.165) is 11.3 Å². The summed E-state index contributed by atoms with van der Waals surface area (Å²) >= 11 is 3.18. The zero-order chi connectivity index (χ0) is 20.1. The summed E-state index contributed by atoms with van der Waals surface area (Å²) in [6.45, 7) is 0.208. The highest BCUT2D eigenvalue weighted by Crippen LogP contribution is 2.21. The van der Waals surface area contributed by atoms with Gasteiger partial charge in [-0.2, -0.15) is 5.10 Å². The first-order chi connectivity index (χ1) is 13.4. The molecule has 3 rings (SSSR count). The van der Waals surface area contributed by atoms with Crippen molar-refractivity contribution in [3.63, 3.8) is 0 Å². The van der Waals surface area contributed by atoms with Crippen molar-refractivity contribution in [3.8, 4) is 5.75 Å². The second-order valence-electron chi connectivity index (χ2n) is 6.35. The molecule has 0 atom stereocenters. The quantitative estimate of drug-likeness (QED) is 0.597. The van der Waals surface area contributed by atoms with Gasteiger partial charge < -0.3 is 15.0 Å². The van der Waals surface area contributed by atoms with Gasteiger partial charge in [0.25, 0.3) is 5.91 Å². The van der Waals surface area contributed by atoms with Gasteiger partial charge in [0.15, 0.2) is 18.2 Å². The number of nitrogens with one attached hydrogen (secondary N) is 1. The molecule has 28 heavy (non-hydrogen) atoms. The number of rotatable bonds is 7. The number of anilines is 2. The summed E-state index contributed by atoms with van der Waals surface area (Å²) in [5, 5.41) is 6.99. The van der Waals surface area contributed by atoms with Crippen LogP contribution in [0.5, 0.6) is 5.75 Å². The van der Waals surface area contributed by atoms with E-state index in [0.29, 0.717) is 16.8 Å². The van der Waals surface area contributed by atoms with Gasteiger partial charge in [0.05, 0.1) is 12.7 Å². The van der Waals surface area contributed by atoms with E-state index in [1.165, 1.54) is 12.1 Å². The molecule has 1 heterocycles. The van der Waals surface area contributed by atoms with Crippen LogP contribution in [-0.2, 0) is 11.3 Å². The summed E-state index contributed by atoms with van der Waals surface area (Å²) in [6.07, 6.45) is 1.61. The molecule has 0 aliphatic heterocycles. The van der Waals surface area contributed by atoms with Crippen LogP contribution < -0.4 is 15.0 Å². The number of carbonyl (C=O) groups excluding carboxylic acids is 1. The van der Waals surface area contributed by atoms with Crippen molar-refractivity contribution < 1.29 is 13.9 Å². The van der Waals surface area contributed by atoms with Gasteiger partial charge >= 0.3 is 0 Å². The third-order valence-corrected chi connectivity index (χ3v) is 4.52. The van der Waals surface area contributed by atoms with Crippen LogP contribution in [0.1, 0.15) is 5.56 Å². The standard InChI is InChI=1S/C20H20BrFN4O2/c1-25(2)16-6-3-14(4-7-16)12-26-19(9-10-23-26)24-20(27)13-28-18-8-5-15(21)11-17(18)22/h3-11H,12-13H2,1-2H3,(H,24,27). The lowest BCUT2D eigenvalue weighted by atomic mass is 10.2. The first kappa shape index (κ1) is 19.9. The SMILES string of the molecule is CN(C)c1ccc(Cn2nccc2NC(=O)COc2ccc(Br)cc2F)cc1. The first-order valence-electron chi connectivity index (χ1n) is 8.58. The minimum atomic E-state index is -0.534. The Morgan fingerprint density at radius 3 is 2.64 bits per heavy atom. The maximum Gasteiger partial charge on any atom is 0.263 e. The number of hydrogen-bond acceptors (Lipinski definition) is 4. The van der Waals surface area contributed by atoms with Crippen molar-refractivity contribution in [3.05, 3.63) is 70.6 Å². The molecule has 1 aromatic heterocycles. The molecule has 0 bridgehead atoms. The normalized spacial score (nSPS) is 10.6. The number of carbonyl (C=O) groups is 1. The fraction of sp³-hybridized carbons (Fsp3) is 0.200. The van der Waals surface area contributed by atoms with E-state index in [1.54, 1.807) is 23.0 Å². The van der Waals surface area contributed by atoms with Crippen molar-refractivity contribution in [1.29, 1.82) is 0 Å². The maximum absolute atomic E-state index is 13.8. The lowest BCUT2D eigenvalue weighted by molar-refractivity contribution is -0.118. The monoisotopic (exact) mass is 446 g/mol. The van der Waals surface area contributed by atoms with Gasteiger partial charge in [-0.1, -0.05) is 28.1 Å². The summed E-state index contributed by atoms with van der Waals surface area (Å²) in [6, 6.07) is 14.2. The Balaban J connectivity index is 1.59. The number of nitrogens with zero attached hydrogens (tertiary/aromatic N) is 3. The molecule has 146 valence electrons. The Morgan fingerprint density at radius 1 is 1.21 bits per heavy atom. The Morgan fingerprint density at radius 2 is 1.96 bits per heavy atom. The van der Waals surface area contributed by atoms with E-state index < -0.39 is 11.7 Å². The largest absolute Gasteiger partial charge is 0.481 e. The molecule has 0 spiro atoms. The average Bonchev–Trinajstić information content (AvgIpc) is 3.08. The Hall–Kier alpha value is -2.87. The van der Waals surface area contributed by atoms with Gasteiger partial charge in [0.2, 0.25) is 0 Å². The van der Waals surface area contributed by atoms with Crippen LogP contribution in [0.15, 0.2) is 59.2 Å². The van der Waals surface area contributed by atoms with E-state index in [-0.39, 0.29) is 12.4 Å². The molecule has 6 nitrogen and oxygen atoms in total. The molecule has 0 saturated carbocycles. The highest BCUT2D eigenvalue weighted by atomic mass is 79.9. The number of hydrogen-bond donors (Lipinski definition) is 1. The summed E-state index contributed by atoms with van der Waals surface area (Å²) < 4.78 is 21.3. The van der Waals surface area contributed by atoms with Gasteiger partial charge in [0, 0.05) is 30.3 Å². The van der Waals surface area contributed by atoms with Crippen molar-refractivity contribution >= 4 is 33.3 Å². The van der Waals surface area contributed by atoms with Gasteiger partial charge in [-0.3, -0.25) is 4.79 Å². The summed E-state index contributed by atoms with van der Waals surface area (Å²) in [5.74, 6) is -0.366. The molecule has 8 heteroatoms. The average molecular weight is 447 g/mol. The number of aromatic nitrogens is 2. The van der Waals surface area contributed by atoms with Crippen molar-refractivity contribution in [1.82, 2.24) is 9.78 Å². The van der Waals surface area contributed by atoms with E-state index >= 15 is 0 Å². The number of halogens is 2. The Kier molecular flexibility index (Phi) is 6.30. The molecular weight excluding hydrogens is 427 g/mol. The number of benzene rings is 2. The van der Waals surface area contributed by atoms with E-state index in [1.807, 2.05) is 43.3 Å². The lowest BCUT2D eigenvalue weighted by Crippen LogP contribution is -2.22. The lowest BCUT2D eigenvalue weighted by Gasteiger charge is -2.13. The zero-order valence-corrected chi connectivity index (χ0v) is 17.1. The van der Waals surface area contributed by atoms with Gasteiger partial charge in [0.1, 0.15) is 5.82 Å². The second kappa shape index (κ2) is 8.88. The molecule has 2 aromatic carbocycles. The van der Waals surface area contributed by atoms with Crippen LogP contribution in [0.4, 0.5) is 15.9 Å². The summed E-state index contributed by atoms with van der Waals surface area (Å²) in [5.41, 5.74) is 2.16. The Labute approximate surface area is 171 Å². The highest BCUT2D eigenvalue weighted by Gasteiger charge is 2.11. The molecule has 0 unspecified atom stereocenters.